The Kier molecular flexibility index (Phi) is 3.73. The van der Waals surface area contributed by atoms with Gasteiger partial charge in [0.15, 0.2) is 5.43 Å². The first kappa shape index (κ1) is 13.4. The predicted molar refractivity (Wildman–Crippen MR) is 86.7 cm³/mol. The number of hydrogen-bond acceptors (Lipinski definition) is 3. The molecule has 0 radical (unpaired) electrons. The van der Waals surface area contributed by atoms with E-state index in [2.05, 4.69) is 12.2 Å². The van der Waals surface area contributed by atoms with E-state index >= 15 is 0 Å². The molecule has 2 aromatic carbocycles. The van der Waals surface area contributed by atoms with Gasteiger partial charge in [0.05, 0.1) is 5.39 Å². The minimum atomic E-state index is -0.0165. The molecule has 1 N–H and O–H groups in total. The summed E-state index contributed by atoms with van der Waals surface area (Å²) in [6.45, 7) is 3.01. The summed E-state index contributed by atoms with van der Waals surface area (Å²) in [5.41, 5.74) is 2.47. The van der Waals surface area contributed by atoms with Crippen molar-refractivity contribution in [1.29, 1.82) is 0 Å². The standard InChI is InChI=1S/C18H17NO2/c1-2-10-19-14-8-9-15-16(20)12-17(21-18(15)11-14)13-6-4-3-5-7-13/h3-9,11-12,19H,2,10H2,1H3. The highest BCUT2D eigenvalue weighted by atomic mass is 16.3. The Morgan fingerprint density at radius 1 is 1.05 bits per heavy atom. The molecule has 3 heteroatoms. The van der Waals surface area contributed by atoms with Crippen LogP contribution in [0.25, 0.3) is 22.3 Å². The summed E-state index contributed by atoms with van der Waals surface area (Å²) in [6.07, 6.45) is 1.05. The van der Waals surface area contributed by atoms with Gasteiger partial charge in [-0.2, -0.15) is 0 Å². The molecule has 0 saturated heterocycles. The van der Waals surface area contributed by atoms with Gasteiger partial charge < -0.3 is 9.73 Å². The van der Waals surface area contributed by atoms with E-state index in [4.69, 9.17) is 4.42 Å². The molecular weight excluding hydrogens is 262 g/mol. The van der Waals surface area contributed by atoms with Gasteiger partial charge in [-0.15, -0.1) is 0 Å². The topological polar surface area (TPSA) is 42.2 Å². The highest BCUT2D eigenvalue weighted by Crippen LogP contribution is 2.23. The van der Waals surface area contributed by atoms with Crippen molar-refractivity contribution in [1.82, 2.24) is 0 Å². The lowest BCUT2D eigenvalue weighted by atomic mass is 10.1. The Hall–Kier alpha value is -2.55. The molecule has 0 fully saturated rings. The average molecular weight is 279 g/mol. The normalized spacial score (nSPS) is 10.7. The Bertz CT molecular complexity index is 806. The third kappa shape index (κ3) is 2.82. The first-order valence-electron chi connectivity index (χ1n) is 7.15. The van der Waals surface area contributed by atoms with E-state index < -0.39 is 0 Å². The average Bonchev–Trinajstić information content (AvgIpc) is 2.53. The maximum Gasteiger partial charge on any atom is 0.193 e. The van der Waals surface area contributed by atoms with Gasteiger partial charge in [0.2, 0.25) is 0 Å². The van der Waals surface area contributed by atoms with Crippen LogP contribution >= 0.6 is 0 Å². The van der Waals surface area contributed by atoms with Crippen LogP contribution in [0.1, 0.15) is 13.3 Å². The van der Waals surface area contributed by atoms with Gasteiger partial charge >= 0.3 is 0 Å². The zero-order valence-electron chi connectivity index (χ0n) is 11.9. The molecule has 0 aliphatic heterocycles. The number of anilines is 1. The van der Waals surface area contributed by atoms with Crippen LogP contribution in [0.4, 0.5) is 5.69 Å². The lowest BCUT2D eigenvalue weighted by Crippen LogP contribution is -2.03. The van der Waals surface area contributed by atoms with E-state index in [0.29, 0.717) is 16.7 Å². The van der Waals surface area contributed by atoms with E-state index in [1.54, 1.807) is 6.07 Å². The fourth-order valence-electron chi connectivity index (χ4n) is 2.28. The quantitative estimate of drug-likeness (QED) is 0.775. The molecule has 0 aliphatic rings. The number of rotatable bonds is 4. The number of hydrogen-bond donors (Lipinski definition) is 1. The zero-order chi connectivity index (χ0) is 14.7. The molecule has 3 rings (SSSR count). The molecule has 3 nitrogen and oxygen atoms in total. The van der Waals surface area contributed by atoms with E-state index in [1.165, 1.54) is 0 Å². The number of nitrogens with one attached hydrogen (secondary N) is 1. The molecule has 1 heterocycles. The first-order chi connectivity index (χ1) is 10.3. The Morgan fingerprint density at radius 3 is 2.62 bits per heavy atom. The van der Waals surface area contributed by atoms with E-state index in [1.807, 2.05) is 48.5 Å². The van der Waals surface area contributed by atoms with Crippen LogP contribution in [0.3, 0.4) is 0 Å². The highest BCUT2D eigenvalue weighted by molar-refractivity contribution is 5.82. The molecule has 0 saturated carbocycles. The molecule has 0 aliphatic carbocycles. The predicted octanol–water partition coefficient (Wildman–Crippen LogP) is 4.28. The van der Waals surface area contributed by atoms with Crippen LogP contribution in [0.5, 0.6) is 0 Å². The van der Waals surface area contributed by atoms with Crippen molar-refractivity contribution < 1.29 is 4.42 Å². The van der Waals surface area contributed by atoms with Gasteiger partial charge in [-0.3, -0.25) is 4.79 Å². The van der Waals surface area contributed by atoms with Crippen molar-refractivity contribution in [3.05, 3.63) is 64.8 Å². The summed E-state index contributed by atoms with van der Waals surface area (Å²) >= 11 is 0. The summed E-state index contributed by atoms with van der Waals surface area (Å²) < 4.78 is 5.91. The van der Waals surface area contributed by atoms with Crippen LogP contribution in [0.2, 0.25) is 0 Å². The van der Waals surface area contributed by atoms with Crippen LogP contribution in [0, 0.1) is 0 Å². The molecule has 3 aromatic rings. The van der Waals surface area contributed by atoms with Gasteiger partial charge in [0.1, 0.15) is 11.3 Å². The monoisotopic (exact) mass is 279 g/mol. The third-order valence-electron chi connectivity index (χ3n) is 3.37. The maximum atomic E-state index is 12.2. The molecule has 0 unspecified atom stereocenters. The lowest BCUT2D eigenvalue weighted by Gasteiger charge is -2.07. The van der Waals surface area contributed by atoms with Crippen LogP contribution in [-0.4, -0.2) is 6.54 Å². The minimum absolute atomic E-state index is 0.0165. The van der Waals surface area contributed by atoms with Gasteiger partial charge in [0, 0.05) is 29.9 Å². The smallest absolute Gasteiger partial charge is 0.193 e. The molecule has 1 aromatic heterocycles. The van der Waals surface area contributed by atoms with E-state index in [-0.39, 0.29) is 5.43 Å². The maximum absolute atomic E-state index is 12.2. The van der Waals surface area contributed by atoms with Gasteiger partial charge in [-0.1, -0.05) is 37.3 Å². The largest absolute Gasteiger partial charge is 0.456 e. The van der Waals surface area contributed by atoms with Crippen molar-refractivity contribution in [2.45, 2.75) is 13.3 Å². The molecule has 0 bridgehead atoms. The fourth-order valence-corrected chi connectivity index (χ4v) is 2.28. The number of fused-ring (bicyclic) bond motifs is 1. The van der Waals surface area contributed by atoms with E-state index in [9.17, 15) is 4.79 Å². The van der Waals surface area contributed by atoms with E-state index in [0.717, 1.165) is 24.2 Å². The molecule has 0 spiro atoms. The summed E-state index contributed by atoms with van der Waals surface area (Å²) in [5.74, 6) is 0.598. The summed E-state index contributed by atoms with van der Waals surface area (Å²) in [5, 5.41) is 3.91. The van der Waals surface area contributed by atoms with Crippen molar-refractivity contribution in [2.24, 2.45) is 0 Å². The lowest BCUT2D eigenvalue weighted by molar-refractivity contribution is 0.619. The van der Waals surface area contributed by atoms with Crippen LogP contribution in [0.15, 0.2) is 63.8 Å². The first-order valence-corrected chi connectivity index (χ1v) is 7.15. The highest BCUT2D eigenvalue weighted by Gasteiger charge is 2.07. The summed E-state index contributed by atoms with van der Waals surface area (Å²) in [6, 6.07) is 16.8. The summed E-state index contributed by atoms with van der Waals surface area (Å²) in [7, 11) is 0. The third-order valence-corrected chi connectivity index (χ3v) is 3.37. The van der Waals surface area contributed by atoms with Crippen molar-refractivity contribution in [2.75, 3.05) is 11.9 Å². The van der Waals surface area contributed by atoms with Gasteiger partial charge in [0.25, 0.3) is 0 Å². The second-order valence-electron chi connectivity index (χ2n) is 4.98. The van der Waals surface area contributed by atoms with Crippen molar-refractivity contribution in [3.8, 4) is 11.3 Å². The molecule has 21 heavy (non-hydrogen) atoms. The fraction of sp³-hybridized carbons (Fsp3) is 0.167. The van der Waals surface area contributed by atoms with Crippen molar-refractivity contribution in [3.63, 3.8) is 0 Å². The second kappa shape index (κ2) is 5.83. The molecular formula is C18H17NO2. The minimum Gasteiger partial charge on any atom is -0.456 e. The van der Waals surface area contributed by atoms with Gasteiger partial charge in [-0.05, 0) is 18.6 Å². The molecule has 0 amide bonds. The van der Waals surface area contributed by atoms with Gasteiger partial charge in [-0.25, -0.2) is 0 Å². The van der Waals surface area contributed by atoms with Crippen LogP contribution in [-0.2, 0) is 0 Å². The Balaban J connectivity index is 2.10. The van der Waals surface area contributed by atoms with Crippen molar-refractivity contribution >= 4 is 16.7 Å². The zero-order valence-corrected chi connectivity index (χ0v) is 11.9. The SMILES string of the molecule is CCCNc1ccc2c(=O)cc(-c3ccccc3)oc2c1. The Labute approximate surface area is 123 Å². The second-order valence-corrected chi connectivity index (χ2v) is 4.98. The molecule has 0 atom stereocenters. The van der Waals surface area contributed by atoms with Crippen LogP contribution < -0.4 is 10.7 Å². The number of benzene rings is 2. The Morgan fingerprint density at radius 2 is 1.86 bits per heavy atom. The summed E-state index contributed by atoms with van der Waals surface area (Å²) in [4.78, 5) is 12.2. The molecule has 106 valence electrons.